The molecule has 0 bridgehead atoms. The topological polar surface area (TPSA) is 71.2 Å². The summed E-state index contributed by atoms with van der Waals surface area (Å²) < 4.78 is 0. The van der Waals surface area contributed by atoms with Crippen LogP contribution in [0.3, 0.4) is 0 Å². The summed E-state index contributed by atoms with van der Waals surface area (Å²) in [4.78, 5) is 18.3. The average molecular weight is 298 g/mol. The van der Waals surface area contributed by atoms with E-state index in [1.807, 2.05) is 24.3 Å². The van der Waals surface area contributed by atoms with Crippen LogP contribution in [0.5, 0.6) is 0 Å². The van der Waals surface area contributed by atoms with E-state index in [9.17, 15) is 0 Å². The first-order valence-electron chi connectivity index (χ1n) is 7.77. The fourth-order valence-electron chi connectivity index (χ4n) is 2.64. The van der Waals surface area contributed by atoms with Gasteiger partial charge in [0.25, 0.3) is 0 Å². The zero-order valence-corrected chi connectivity index (χ0v) is 12.9. The summed E-state index contributed by atoms with van der Waals surface area (Å²) in [6.07, 6.45) is 1.78. The molecule has 0 unspecified atom stereocenters. The first kappa shape index (κ1) is 14.9. The van der Waals surface area contributed by atoms with Gasteiger partial charge in [-0.15, -0.1) is 0 Å². The van der Waals surface area contributed by atoms with Crippen LogP contribution >= 0.6 is 0 Å². The standard InChI is InChI=1S/C16H22N6/c1-2-21-7-9-22(10-8-21)16-19-13(12-17)11-15(20-16)14-5-3-4-6-18-14/h3-6,11H,2,7-10,12,17H2,1H3. The maximum Gasteiger partial charge on any atom is 0.226 e. The van der Waals surface area contributed by atoms with Crippen LogP contribution in [0.1, 0.15) is 12.6 Å². The van der Waals surface area contributed by atoms with Crippen molar-refractivity contribution in [3.63, 3.8) is 0 Å². The number of likely N-dealkylation sites (N-methyl/N-ethyl adjacent to an activating group) is 1. The highest BCUT2D eigenvalue weighted by Crippen LogP contribution is 2.19. The quantitative estimate of drug-likeness (QED) is 0.912. The smallest absolute Gasteiger partial charge is 0.226 e. The summed E-state index contributed by atoms with van der Waals surface area (Å²) >= 11 is 0. The normalized spacial score (nSPS) is 16.0. The molecular weight excluding hydrogens is 276 g/mol. The van der Waals surface area contributed by atoms with Crippen LogP contribution in [-0.2, 0) is 6.54 Å². The van der Waals surface area contributed by atoms with Crippen molar-refractivity contribution in [1.82, 2.24) is 19.9 Å². The zero-order chi connectivity index (χ0) is 15.4. The van der Waals surface area contributed by atoms with E-state index in [0.717, 1.165) is 55.8 Å². The van der Waals surface area contributed by atoms with E-state index >= 15 is 0 Å². The molecule has 0 atom stereocenters. The van der Waals surface area contributed by atoms with E-state index in [4.69, 9.17) is 10.7 Å². The summed E-state index contributed by atoms with van der Waals surface area (Å²) in [5.74, 6) is 0.763. The van der Waals surface area contributed by atoms with Gasteiger partial charge in [-0.05, 0) is 24.7 Å². The minimum atomic E-state index is 0.407. The maximum atomic E-state index is 5.80. The van der Waals surface area contributed by atoms with Gasteiger partial charge in [0, 0.05) is 38.9 Å². The van der Waals surface area contributed by atoms with Crippen molar-refractivity contribution in [3.8, 4) is 11.4 Å². The molecule has 3 heterocycles. The molecule has 1 aliphatic rings. The number of piperazine rings is 1. The summed E-state index contributed by atoms with van der Waals surface area (Å²) in [6.45, 7) is 7.69. The predicted molar refractivity (Wildman–Crippen MR) is 87.5 cm³/mol. The number of pyridine rings is 1. The molecule has 3 rings (SSSR count). The van der Waals surface area contributed by atoms with Gasteiger partial charge in [-0.1, -0.05) is 13.0 Å². The lowest BCUT2D eigenvalue weighted by Crippen LogP contribution is -2.46. The molecule has 0 saturated carbocycles. The summed E-state index contributed by atoms with van der Waals surface area (Å²) in [7, 11) is 0. The Kier molecular flexibility index (Phi) is 4.60. The fourth-order valence-corrected chi connectivity index (χ4v) is 2.64. The Morgan fingerprint density at radius 3 is 2.55 bits per heavy atom. The van der Waals surface area contributed by atoms with Crippen molar-refractivity contribution in [2.45, 2.75) is 13.5 Å². The van der Waals surface area contributed by atoms with E-state index in [0.29, 0.717) is 6.54 Å². The zero-order valence-electron chi connectivity index (χ0n) is 12.9. The third-order valence-corrected chi connectivity index (χ3v) is 4.01. The molecule has 0 radical (unpaired) electrons. The van der Waals surface area contributed by atoms with E-state index in [2.05, 4.69) is 26.7 Å². The summed E-state index contributed by atoms with van der Waals surface area (Å²) in [5, 5.41) is 0. The van der Waals surface area contributed by atoms with Crippen LogP contribution in [0.4, 0.5) is 5.95 Å². The molecular formula is C16H22N6. The molecule has 1 saturated heterocycles. The molecule has 0 amide bonds. The molecule has 22 heavy (non-hydrogen) atoms. The Morgan fingerprint density at radius 1 is 1.09 bits per heavy atom. The van der Waals surface area contributed by atoms with Crippen LogP contribution in [0.15, 0.2) is 30.5 Å². The average Bonchev–Trinajstić information content (AvgIpc) is 2.62. The van der Waals surface area contributed by atoms with Gasteiger partial charge >= 0.3 is 0 Å². The van der Waals surface area contributed by atoms with Crippen molar-refractivity contribution in [2.75, 3.05) is 37.6 Å². The summed E-state index contributed by atoms with van der Waals surface area (Å²) in [6, 6.07) is 7.75. The number of nitrogens with zero attached hydrogens (tertiary/aromatic N) is 5. The second kappa shape index (κ2) is 6.81. The van der Waals surface area contributed by atoms with Crippen molar-refractivity contribution in [1.29, 1.82) is 0 Å². The molecule has 1 aliphatic heterocycles. The Hall–Kier alpha value is -2.05. The highest BCUT2D eigenvalue weighted by Gasteiger charge is 2.19. The molecule has 1 fully saturated rings. The Labute approximate surface area is 131 Å². The van der Waals surface area contributed by atoms with Crippen LogP contribution < -0.4 is 10.6 Å². The van der Waals surface area contributed by atoms with Crippen LogP contribution in [-0.4, -0.2) is 52.6 Å². The highest BCUT2D eigenvalue weighted by molar-refractivity contribution is 5.56. The summed E-state index contributed by atoms with van der Waals surface area (Å²) in [5.41, 5.74) is 8.34. The van der Waals surface area contributed by atoms with Gasteiger partial charge in [-0.25, -0.2) is 9.97 Å². The predicted octanol–water partition coefficient (Wildman–Crippen LogP) is 1.14. The maximum absolute atomic E-state index is 5.80. The second-order valence-corrected chi connectivity index (χ2v) is 5.38. The minimum absolute atomic E-state index is 0.407. The van der Waals surface area contributed by atoms with Crippen molar-refractivity contribution in [2.24, 2.45) is 5.73 Å². The van der Waals surface area contributed by atoms with Crippen LogP contribution in [0.2, 0.25) is 0 Å². The van der Waals surface area contributed by atoms with Gasteiger partial charge in [0.15, 0.2) is 0 Å². The second-order valence-electron chi connectivity index (χ2n) is 5.38. The monoisotopic (exact) mass is 298 g/mol. The molecule has 2 aromatic rings. The molecule has 0 aliphatic carbocycles. The van der Waals surface area contributed by atoms with Crippen molar-refractivity contribution < 1.29 is 0 Å². The fraction of sp³-hybridized carbons (Fsp3) is 0.438. The largest absolute Gasteiger partial charge is 0.338 e. The number of anilines is 1. The van der Waals surface area contributed by atoms with Crippen LogP contribution in [0, 0.1) is 0 Å². The Balaban J connectivity index is 1.88. The lowest BCUT2D eigenvalue weighted by Gasteiger charge is -2.34. The first-order valence-corrected chi connectivity index (χ1v) is 7.77. The van der Waals surface area contributed by atoms with E-state index in [1.54, 1.807) is 6.20 Å². The molecule has 2 aromatic heterocycles. The molecule has 0 spiro atoms. The number of aromatic nitrogens is 3. The van der Waals surface area contributed by atoms with Crippen molar-refractivity contribution >= 4 is 5.95 Å². The van der Waals surface area contributed by atoms with Gasteiger partial charge in [-0.3, -0.25) is 4.98 Å². The van der Waals surface area contributed by atoms with Gasteiger partial charge in [-0.2, -0.15) is 0 Å². The highest BCUT2D eigenvalue weighted by atomic mass is 15.3. The van der Waals surface area contributed by atoms with E-state index < -0.39 is 0 Å². The molecule has 6 heteroatoms. The van der Waals surface area contributed by atoms with Crippen molar-refractivity contribution in [3.05, 3.63) is 36.2 Å². The lowest BCUT2D eigenvalue weighted by atomic mass is 10.2. The third kappa shape index (κ3) is 3.23. The van der Waals surface area contributed by atoms with Gasteiger partial charge in [0.05, 0.1) is 17.1 Å². The number of rotatable bonds is 4. The lowest BCUT2D eigenvalue weighted by molar-refractivity contribution is 0.270. The Bertz CT molecular complexity index is 607. The SMILES string of the molecule is CCN1CCN(c2nc(CN)cc(-c3ccccn3)n2)CC1. The van der Waals surface area contributed by atoms with E-state index in [-0.39, 0.29) is 0 Å². The van der Waals surface area contributed by atoms with E-state index in [1.165, 1.54) is 0 Å². The third-order valence-electron chi connectivity index (χ3n) is 4.01. The first-order chi connectivity index (χ1) is 10.8. The molecule has 6 nitrogen and oxygen atoms in total. The minimum Gasteiger partial charge on any atom is -0.338 e. The van der Waals surface area contributed by atoms with Gasteiger partial charge in [0.1, 0.15) is 0 Å². The number of nitrogens with two attached hydrogens (primary N) is 1. The Morgan fingerprint density at radius 2 is 1.91 bits per heavy atom. The number of hydrogen-bond donors (Lipinski definition) is 1. The number of hydrogen-bond acceptors (Lipinski definition) is 6. The molecule has 116 valence electrons. The van der Waals surface area contributed by atoms with Crippen LogP contribution in [0.25, 0.3) is 11.4 Å². The van der Waals surface area contributed by atoms with Gasteiger partial charge in [0.2, 0.25) is 5.95 Å². The molecule has 0 aromatic carbocycles. The molecule has 2 N–H and O–H groups in total. The van der Waals surface area contributed by atoms with Gasteiger partial charge < -0.3 is 15.5 Å².